The monoisotopic (exact) mass is 142 g/mol. The Morgan fingerprint density at radius 3 is 2.80 bits per heavy atom. The second kappa shape index (κ2) is 2.73. The van der Waals surface area contributed by atoms with Crippen molar-refractivity contribution in [3.63, 3.8) is 0 Å². The first-order valence-corrected chi connectivity index (χ1v) is 3.17. The Labute approximate surface area is 59.6 Å². The third-order valence-electron chi connectivity index (χ3n) is 1.13. The Hall–Kier alpha value is -0.990. The van der Waals surface area contributed by atoms with Gasteiger partial charge >= 0.3 is 6.16 Å². The normalized spacial score (nSPS) is 23.4. The molecule has 1 rings (SSSR count). The molecule has 0 N–H and O–H groups in total. The summed E-state index contributed by atoms with van der Waals surface area (Å²) in [6.45, 7) is 4.25. The molecule has 1 aliphatic rings. The summed E-state index contributed by atoms with van der Waals surface area (Å²) in [5, 5.41) is 0. The highest BCUT2D eigenvalue weighted by atomic mass is 16.8. The van der Waals surface area contributed by atoms with Crippen molar-refractivity contribution in [1.29, 1.82) is 0 Å². The van der Waals surface area contributed by atoms with Crippen LogP contribution in [0.1, 0.15) is 13.8 Å². The molecule has 0 aromatic heterocycles. The van der Waals surface area contributed by atoms with E-state index in [0.29, 0.717) is 6.61 Å². The molecule has 56 valence electrons. The van der Waals surface area contributed by atoms with Crippen LogP contribution in [0.2, 0.25) is 0 Å². The highest BCUT2D eigenvalue weighted by Crippen LogP contribution is 2.08. The van der Waals surface area contributed by atoms with Crippen molar-refractivity contribution in [2.75, 3.05) is 6.61 Å². The number of allylic oxidation sites excluding steroid dienone is 1. The van der Waals surface area contributed by atoms with Crippen molar-refractivity contribution in [3.8, 4) is 0 Å². The highest BCUT2D eigenvalue weighted by Gasteiger charge is 2.22. The predicted octanol–water partition coefficient (Wildman–Crippen LogP) is 1.49. The zero-order chi connectivity index (χ0) is 7.56. The molecular weight excluding hydrogens is 132 g/mol. The fraction of sp³-hybridized carbons (Fsp3) is 0.571. The van der Waals surface area contributed by atoms with Crippen molar-refractivity contribution in [3.05, 3.63) is 11.6 Å². The molecule has 0 aromatic carbocycles. The number of ether oxygens (including phenoxy) is 2. The molecule has 1 aliphatic heterocycles. The molecule has 0 saturated carbocycles. The van der Waals surface area contributed by atoms with Gasteiger partial charge in [-0.1, -0.05) is 5.57 Å². The van der Waals surface area contributed by atoms with Crippen molar-refractivity contribution < 1.29 is 14.3 Å². The zero-order valence-corrected chi connectivity index (χ0v) is 6.09. The van der Waals surface area contributed by atoms with Gasteiger partial charge in [-0.2, -0.15) is 0 Å². The van der Waals surface area contributed by atoms with E-state index in [1.165, 1.54) is 0 Å². The predicted molar refractivity (Wildman–Crippen MR) is 35.7 cm³/mol. The van der Waals surface area contributed by atoms with Gasteiger partial charge in [0.2, 0.25) is 0 Å². The lowest BCUT2D eigenvalue weighted by atomic mass is 10.2. The standard InChI is InChI=1S/C7H10O3/c1-5(2)3-6-4-9-7(8)10-6/h3,6H,4H2,1-2H3. The van der Waals surface area contributed by atoms with Crippen LogP contribution in [0, 0.1) is 0 Å². The average molecular weight is 142 g/mol. The third-order valence-corrected chi connectivity index (χ3v) is 1.13. The van der Waals surface area contributed by atoms with Gasteiger partial charge in [-0.3, -0.25) is 0 Å². The Morgan fingerprint density at radius 1 is 1.70 bits per heavy atom. The van der Waals surface area contributed by atoms with Crippen LogP contribution < -0.4 is 0 Å². The van der Waals surface area contributed by atoms with Crippen LogP contribution in [0.15, 0.2) is 11.6 Å². The fourth-order valence-electron chi connectivity index (χ4n) is 0.796. The molecule has 3 nitrogen and oxygen atoms in total. The summed E-state index contributed by atoms with van der Waals surface area (Å²) >= 11 is 0. The minimum atomic E-state index is -0.567. The molecule has 0 spiro atoms. The number of hydrogen-bond acceptors (Lipinski definition) is 3. The van der Waals surface area contributed by atoms with Crippen LogP contribution in [0.4, 0.5) is 4.79 Å². The van der Waals surface area contributed by atoms with Crippen LogP contribution in [-0.2, 0) is 9.47 Å². The maximum atomic E-state index is 10.4. The topological polar surface area (TPSA) is 35.5 Å². The lowest BCUT2D eigenvalue weighted by Crippen LogP contribution is -2.05. The molecule has 1 unspecified atom stereocenters. The first-order valence-electron chi connectivity index (χ1n) is 3.17. The van der Waals surface area contributed by atoms with E-state index in [-0.39, 0.29) is 6.10 Å². The number of carbonyl (C=O) groups is 1. The van der Waals surface area contributed by atoms with Crippen LogP contribution >= 0.6 is 0 Å². The highest BCUT2D eigenvalue weighted by molar-refractivity contribution is 5.62. The van der Waals surface area contributed by atoms with Gasteiger partial charge in [0.1, 0.15) is 6.61 Å². The molecule has 0 aromatic rings. The largest absolute Gasteiger partial charge is 0.509 e. The van der Waals surface area contributed by atoms with Crippen LogP contribution in [0.3, 0.4) is 0 Å². The fourth-order valence-corrected chi connectivity index (χ4v) is 0.796. The van der Waals surface area contributed by atoms with E-state index in [2.05, 4.69) is 4.74 Å². The summed E-state index contributed by atoms with van der Waals surface area (Å²) in [5.74, 6) is 0. The molecule has 1 heterocycles. The first kappa shape index (κ1) is 7.12. The number of rotatable bonds is 1. The average Bonchev–Trinajstić information content (AvgIpc) is 2.13. The van der Waals surface area contributed by atoms with E-state index in [1.54, 1.807) is 0 Å². The van der Waals surface area contributed by atoms with Crippen molar-refractivity contribution in [2.45, 2.75) is 20.0 Å². The summed E-state index contributed by atoms with van der Waals surface area (Å²) < 4.78 is 9.30. The van der Waals surface area contributed by atoms with Crippen LogP contribution in [-0.4, -0.2) is 18.9 Å². The number of cyclic esters (lactones) is 2. The Balaban J connectivity index is 2.46. The molecule has 1 atom stereocenters. The van der Waals surface area contributed by atoms with Gasteiger partial charge in [0.25, 0.3) is 0 Å². The minimum absolute atomic E-state index is 0.169. The van der Waals surface area contributed by atoms with Crippen LogP contribution in [0.5, 0.6) is 0 Å². The van der Waals surface area contributed by atoms with Gasteiger partial charge in [-0.15, -0.1) is 0 Å². The Kier molecular flexibility index (Phi) is 1.94. The zero-order valence-electron chi connectivity index (χ0n) is 6.09. The van der Waals surface area contributed by atoms with Gasteiger partial charge < -0.3 is 9.47 Å². The molecule has 0 aliphatic carbocycles. The SMILES string of the molecule is CC(C)=CC1COC(=O)O1. The van der Waals surface area contributed by atoms with Crippen molar-refractivity contribution in [2.24, 2.45) is 0 Å². The molecule has 1 fully saturated rings. The van der Waals surface area contributed by atoms with Gasteiger partial charge in [0.15, 0.2) is 6.10 Å². The number of hydrogen-bond donors (Lipinski definition) is 0. The van der Waals surface area contributed by atoms with Gasteiger partial charge in [-0.05, 0) is 19.9 Å². The summed E-state index contributed by atoms with van der Waals surface area (Å²) in [5.41, 5.74) is 1.13. The van der Waals surface area contributed by atoms with Gasteiger partial charge in [-0.25, -0.2) is 4.79 Å². The minimum Gasteiger partial charge on any atom is -0.430 e. The van der Waals surface area contributed by atoms with Gasteiger partial charge in [0.05, 0.1) is 0 Å². The first-order chi connectivity index (χ1) is 4.68. The molecule has 0 bridgehead atoms. The summed E-state index contributed by atoms with van der Waals surface area (Å²) in [4.78, 5) is 10.4. The summed E-state index contributed by atoms with van der Waals surface area (Å²) in [6.07, 6.45) is 1.13. The maximum Gasteiger partial charge on any atom is 0.509 e. The van der Waals surface area contributed by atoms with E-state index in [9.17, 15) is 4.79 Å². The van der Waals surface area contributed by atoms with E-state index >= 15 is 0 Å². The van der Waals surface area contributed by atoms with E-state index in [1.807, 2.05) is 19.9 Å². The van der Waals surface area contributed by atoms with Gasteiger partial charge in [0, 0.05) is 0 Å². The van der Waals surface area contributed by atoms with E-state index in [4.69, 9.17) is 4.74 Å². The second-order valence-corrected chi connectivity index (χ2v) is 2.46. The van der Waals surface area contributed by atoms with Crippen molar-refractivity contribution in [1.82, 2.24) is 0 Å². The molecule has 0 radical (unpaired) electrons. The maximum absolute atomic E-state index is 10.4. The summed E-state index contributed by atoms with van der Waals surface area (Å²) in [6, 6.07) is 0. The summed E-state index contributed by atoms with van der Waals surface area (Å²) in [7, 11) is 0. The smallest absolute Gasteiger partial charge is 0.430 e. The number of carbonyl (C=O) groups excluding carboxylic acids is 1. The molecule has 1 saturated heterocycles. The van der Waals surface area contributed by atoms with E-state index < -0.39 is 6.16 Å². The molecule has 0 amide bonds. The quantitative estimate of drug-likeness (QED) is 0.411. The third kappa shape index (κ3) is 1.76. The lowest BCUT2D eigenvalue weighted by Gasteiger charge is -1.97. The Bertz CT molecular complexity index is 168. The van der Waals surface area contributed by atoms with Crippen molar-refractivity contribution >= 4 is 6.16 Å². The lowest BCUT2D eigenvalue weighted by molar-refractivity contribution is 0.125. The molecule has 3 heteroatoms. The Morgan fingerprint density at radius 2 is 2.40 bits per heavy atom. The van der Waals surface area contributed by atoms with Crippen LogP contribution in [0.25, 0.3) is 0 Å². The second-order valence-electron chi connectivity index (χ2n) is 2.46. The molecular formula is C7H10O3. The van der Waals surface area contributed by atoms with E-state index in [0.717, 1.165) is 5.57 Å². The molecule has 10 heavy (non-hydrogen) atoms.